The van der Waals surface area contributed by atoms with Gasteiger partial charge in [0.25, 0.3) is 0 Å². The van der Waals surface area contributed by atoms with E-state index in [9.17, 15) is 0 Å². The number of allylic oxidation sites excluding steroid dienone is 2. The van der Waals surface area contributed by atoms with E-state index in [-0.39, 0.29) is 5.54 Å². The number of anilines is 2. The molecule has 2 unspecified atom stereocenters. The van der Waals surface area contributed by atoms with Crippen LogP contribution >= 0.6 is 11.3 Å². The zero-order valence-electron chi connectivity index (χ0n) is 28.7. The number of fused-ring (bicyclic) bond motifs is 9. The Hall–Kier alpha value is -6.16. The van der Waals surface area contributed by atoms with Crippen molar-refractivity contribution in [3.63, 3.8) is 0 Å². The molecular weight excluding hydrogens is 649 g/mol. The highest BCUT2D eigenvalue weighted by molar-refractivity contribution is 7.26. The van der Waals surface area contributed by atoms with Gasteiger partial charge in [0, 0.05) is 53.9 Å². The predicted molar refractivity (Wildman–Crippen MR) is 223 cm³/mol. The summed E-state index contributed by atoms with van der Waals surface area (Å²) in [5, 5.41) is 5.18. The normalized spacial score (nSPS) is 17.8. The number of benzene rings is 7. The van der Waals surface area contributed by atoms with Gasteiger partial charge in [-0.1, -0.05) is 127 Å². The lowest BCUT2D eigenvalue weighted by Crippen LogP contribution is -2.41. The molecule has 0 saturated carbocycles. The predicted octanol–water partition coefficient (Wildman–Crippen LogP) is 13.6. The average Bonchev–Trinajstić information content (AvgIpc) is 3.83. The van der Waals surface area contributed by atoms with E-state index < -0.39 is 0 Å². The Balaban J connectivity index is 1.03. The molecule has 1 aliphatic heterocycles. The molecule has 0 saturated heterocycles. The first-order chi connectivity index (χ1) is 25.7. The summed E-state index contributed by atoms with van der Waals surface area (Å²) in [5.41, 5.74) is 12.2. The smallest absolute Gasteiger partial charge is 0.0712 e. The molecule has 9 aromatic rings. The number of aromatic nitrogens is 1. The third kappa shape index (κ3) is 4.23. The van der Waals surface area contributed by atoms with E-state index >= 15 is 0 Å². The van der Waals surface area contributed by atoms with Crippen molar-refractivity contribution in [3.8, 4) is 27.9 Å². The third-order valence-corrected chi connectivity index (χ3v) is 12.6. The Morgan fingerprint density at radius 2 is 1.27 bits per heavy atom. The molecule has 3 heterocycles. The molecule has 1 aliphatic carbocycles. The molecule has 2 atom stereocenters. The molecule has 0 fully saturated rings. The van der Waals surface area contributed by atoms with Gasteiger partial charge < -0.3 is 9.47 Å². The zero-order valence-corrected chi connectivity index (χ0v) is 29.5. The van der Waals surface area contributed by atoms with E-state index in [2.05, 4.69) is 198 Å². The van der Waals surface area contributed by atoms with Crippen LogP contribution in [-0.4, -0.2) is 10.1 Å². The minimum atomic E-state index is -0.171. The van der Waals surface area contributed by atoms with Crippen molar-refractivity contribution in [2.24, 2.45) is 0 Å². The van der Waals surface area contributed by atoms with Gasteiger partial charge in [0.1, 0.15) is 0 Å². The minimum Gasteiger partial charge on any atom is -0.331 e. The largest absolute Gasteiger partial charge is 0.331 e. The first kappa shape index (κ1) is 29.6. The molecule has 0 spiro atoms. The van der Waals surface area contributed by atoms with E-state index in [1.807, 2.05) is 11.3 Å². The van der Waals surface area contributed by atoms with Gasteiger partial charge >= 0.3 is 0 Å². The molecule has 7 aromatic carbocycles. The van der Waals surface area contributed by atoms with E-state index in [0.29, 0.717) is 5.92 Å². The van der Waals surface area contributed by atoms with Crippen molar-refractivity contribution >= 4 is 64.7 Å². The number of hydrogen-bond acceptors (Lipinski definition) is 2. The first-order valence-electron chi connectivity index (χ1n) is 18.1. The van der Waals surface area contributed by atoms with Gasteiger partial charge in [-0.05, 0) is 89.3 Å². The van der Waals surface area contributed by atoms with Crippen molar-refractivity contribution in [2.45, 2.75) is 18.4 Å². The molecule has 0 bridgehead atoms. The summed E-state index contributed by atoms with van der Waals surface area (Å²) in [7, 11) is 0. The van der Waals surface area contributed by atoms with E-state index in [1.165, 1.54) is 81.2 Å². The van der Waals surface area contributed by atoms with E-state index in [1.54, 1.807) is 0 Å². The number of nitrogens with zero attached hydrogens (tertiary/aromatic N) is 2. The molecular formula is C49H34N2S. The second-order valence-electron chi connectivity index (χ2n) is 14.3. The fourth-order valence-electron chi connectivity index (χ4n) is 9.03. The van der Waals surface area contributed by atoms with Gasteiger partial charge in [-0.15, -0.1) is 11.3 Å². The van der Waals surface area contributed by atoms with Crippen molar-refractivity contribution in [2.75, 3.05) is 4.90 Å². The molecule has 11 rings (SSSR count). The standard InChI is InChI=1S/C49H34N2S/c1-49-28-9-8-22-43(49)41-19-3-6-24-46(41)51(49)36-26-27-45-42(31-36)38-17-2-5-23-44(38)50(45)35-16-11-14-33(30-35)32-13-10-15-34(29-32)37-20-12-21-40-39-18-4-7-25-47(39)52-48(37)40/h2-31,43H,1H3. The fourth-order valence-corrected chi connectivity index (χ4v) is 10.3. The van der Waals surface area contributed by atoms with Gasteiger partial charge in [0.2, 0.25) is 0 Å². The van der Waals surface area contributed by atoms with Gasteiger partial charge in [0.15, 0.2) is 0 Å². The maximum atomic E-state index is 2.55. The molecule has 2 aliphatic rings. The zero-order chi connectivity index (χ0) is 34.4. The Kier molecular flexibility index (Phi) is 6.35. The number of hydrogen-bond donors (Lipinski definition) is 0. The van der Waals surface area contributed by atoms with Crippen molar-refractivity contribution in [1.29, 1.82) is 0 Å². The lowest BCUT2D eigenvalue weighted by molar-refractivity contribution is 0.542. The second kappa shape index (κ2) is 11.2. The molecule has 2 nitrogen and oxygen atoms in total. The molecule has 52 heavy (non-hydrogen) atoms. The van der Waals surface area contributed by atoms with Crippen LogP contribution in [0.25, 0.3) is 69.9 Å². The second-order valence-corrected chi connectivity index (χ2v) is 15.4. The summed E-state index contributed by atoms with van der Waals surface area (Å²) >= 11 is 1.89. The van der Waals surface area contributed by atoms with Crippen molar-refractivity contribution in [1.82, 2.24) is 4.57 Å². The highest BCUT2D eigenvalue weighted by Gasteiger charge is 2.46. The highest BCUT2D eigenvalue weighted by atomic mass is 32.1. The Morgan fingerprint density at radius 3 is 2.21 bits per heavy atom. The summed E-state index contributed by atoms with van der Waals surface area (Å²) < 4.78 is 5.11. The van der Waals surface area contributed by atoms with Crippen molar-refractivity contribution < 1.29 is 0 Å². The van der Waals surface area contributed by atoms with Crippen LogP contribution in [0.1, 0.15) is 18.4 Å². The van der Waals surface area contributed by atoms with Crippen LogP contribution in [0.5, 0.6) is 0 Å². The minimum absolute atomic E-state index is 0.171. The van der Waals surface area contributed by atoms with Crippen LogP contribution in [0.3, 0.4) is 0 Å². The summed E-state index contributed by atoms with van der Waals surface area (Å²) in [6, 6.07) is 58.3. The summed E-state index contributed by atoms with van der Waals surface area (Å²) in [6.45, 7) is 2.37. The lowest BCUT2D eigenvalue weighted by atomic mass is 9.80. The maximum Gasteiger partial charge on any atom is 0.0712 e. The van der Waals surface area contributed by atoms with Crippen LogP contribution in [-0.2, 0) is 0 Å². The molecule has 0 N–H and O–H groups in total. The van der Waals surface area contributed by atoms with Crippen LogP contribution in [0.15, 0.2) is 182 Å². The lowest BCUT2D eigenvalue weighted by Gasteiger charge is -2.39. The molecule has 2 aromatic heterocycles. The van der Waals surface area contributed by atoms with Crippen LogP contribution in [0.4, 0.5) is 11.4 Å². The third-order valence-electron chi connectivity index (χ3n) is 11.4. The SMILES string of the molecule is CC12C=CC=CC1c1ccccc1N2c1ccc2c(c1)c1ccccc1n2-c1cccc(-c2cccc(-c3cccc4c3sc3ccccc34)c2)c1. The van der Waals surface area contributed by atoms with Crippen molar-refractivity contribution in [3.05, 3.63) is 188 Å². The van der Waals surface area contributed by atoms with E-state index in [4.69, 9.17) is 0 Å². The summed E-state index contributed by atoms with van der Waals surface area (Å²) in [6.07, 6.45) is 9.12. The van der Waals surface area contributed by atoms with Gasteiger partial charge in [0.05, 0.1) is 16.6 Å². The van der Waals surface area contributed by atoms with E-state index in [0.717, 1.165) is 5.69 Å². The van der Waals surface area contributed by atoms with Crippen LogP contribution in [0.2, 0.25) is 0 Å². The molecule has 246 valence electrons. The van der Waals surface area contributed by atoms with Gasteiger partial charge in [-0.2, -0.15) is 0 Å². The van der Waals surface area contributed by atoms with Crippen LogP contribution < -0.4 is 4.90 Å². The van der Waals surface area contributed by atoms with Gasteiger partial charge in [-0.25, -0.2) is 0 Å². The molecule has 0 amide bonds. The average molecular weight is 683 g/mol. The first-order valence-corrected chi connectivity index (χ1v) is 18.9. The maximum absolute atomic E-state index is 2.55. The Bertz CT molecular complexity index is 2960. The number of para-hydroxylation sites is 2. The number of rotatable bonds is 4. The topological polar surface area (TPSA) is 8.17 Å². The Morgan fingerprint density at radius 1 is 0.538 bits per heavy atom. The van der Waals surface area contributed by atoms with Crippen LogP contribution in [0, 0.1) is 0 Å². The Labute approximate surface area is 306 Å². The quantitative estimate of drug-likeness (QED) is 0.179. The fraction of sp³-hybridized carbons (Fsp3) is 0.0612. The molecule has 0 radical (unpaired) electrons. The summed E-state index contributed by atoms with van der Waals surface area (Å²) in [5.74, 6) is 0.310. The number of thiophene rings is 1. The van der Waals surface area contributed by atoms with Gasteiger partial charge in [-0.3, -0.25) is 0 Å². The monoisotopic (exact) mass is 682 g/mol. The molecule has 3 heteroatoms. The summed E-state index contributed by atoms with van der Waals surface area (Å²) in [4.78, 5) is 2.55. The highest BCUT2D eigenvalue weighted by Crippen LogP contribution is 2.54.